The maximum atomic E-state index is 4.93. The van der Waals surface area contributed by atoms with Gasteiger partial charge in [0.15, 0.2) is 10.8 Å². The zero-order valence-electron chi connectivity index (χ0n) is 19.3. The molecule has 2 aliphatic rings. The van der Waals surface area contributed by atoms with Crippen LogP contribution in [0.2, 0.25) is 0 Å². The molecule has 0 saturated carbocycles. The maximum Gasteiger partial charge on any atom is 0.186 e. The van der Waals surface area contributed by atoms with Crippen molar-refractivity contribution in [2.45, 2.75) is 70.5 Å². The molecule has 166 valence electrons. The average Bonchev–Trinajstić information content (AvgIpc) is 3.40. The molecule has 4 aromatic rings. The third kappa shape index (κ3) is 3.19. The van der Waals surface area contributed by atoms with Gasteiger partial charge in [-0.05, 0) is 59.4 Å². The Balaban J connectivity index is 1.33. The van der Waals surface area contributed by atoms with Gasteiger partial charge in [0.25, 0.3) is 0 Å². The fourth-order valence-corrected chi connectivity index (χ4v) is 6.80. The van der Waals surface area contributed by atoms with E-state index in [9.17, 15) is 0 Å². The van der Waals surface area contributed by atoms with Crippen molar-refractivity contribution in [3.63, 3.8) is 0 Å². The monoisotopic (exact) mass is 447 g/mol. The van der Waals surface area contributed by atoms with Gasteiger partial charge in [-0.1, -0.05) is 11.3 Å². The van der Waals surface area contributed by atoms with Gasteiger partial charge in [0.1, 0.15) is 11.2 Å². The molecule has 0 spiro atoms. The van der Waals surface area contributed by atoms with E-state index in [1.54, 1.807) is 11.3 Å². The van der Waals surface area contributed by atoms with Gasteiger partial charge in [-0.3, -0.25) is 9.97 Å². The van der Waals surface area contributed by atoms with Gasteiger partial charge in [-0.2, -0.15) is 0 Å². The largest absolute Gasteiger partial charge is 0.348 e. The van der Waals surface area contributed by atoms with Crippen LogP contribution >= 0.6 is 11.3 Å². The standard InChI is InChI=1S/C24H29N7S/c1-14-12-31-13-19(27-21(31)15(2)26-14)17-8-20-18(11-25-17)28-22(32-20)30(5)16-9-23(3)6-7-24(4,10-16)29-23/h8,11-13,16,29H,6-7,9-10H2,1-5H3/t16-,23-,24+. The summed E-state index contributed by atoms with van der Waals surface area (Å²) in [5, 5.41) is 4.96. The Morgan fingerprint density at radius 1 is 1.06 bits per heavy atom. The number of rotatable bonds is 3. The van der Waals surface area contributed by atoms with Crippen molar-refractivity contribution in [2.24, 2.45) is 0 Å². The number of hydrogen-bond acceptors (Lipinski definition) is 7. The summed E-state index contributed by atoms with van der Waals surface area (Å²) < 4.78 is 3.19. The van der Waals surface area contributed by atoms with Gasteiger partial charge in [-0.25, -0.2) is 9.97 Å². The molecular formula is C24H29N7S. The number of aryl methyl sites for hydroxylation is 2. The lowest BCUT2D eigenvalue weighted by molar-refractivity contribution is 0.208. The lowest BCUT2D eigenvalue weighted by Crippen LogP contribution is -2.58. The Kier molecular flexibility index (Phi) is 4.21. The van der Waals surface area contributed by atoms with E-state index in [1.807, 2.05) is 36.8 Å². The highest BCUT2D eigenvalue weighted by atomic mass is 32.1. The SMILES string of the molecule is Cc1cn2cc(-c3cc4sc(N(C)[C@H]5C[C@]6(C)CC[C@](C)(C5)N6)nc4cn3)nc2c(C)n1. The van der Waals surface area contributed by atoms with E-state index in [-0.39, 0.29) is 11.1 Å². The molecule has 0 unspecified atom stereocenters. The number of nitrogens with one attached hydrogen (secondary N) is 1. The highest BCUT2D eigenvalue weighted by Crippen LogP contribution is 2.44. The second-order valence-electron chi connectivity index (χ2n) is 10.3. The van der Waals surface area contributed by atoms with Crippen LogP contribution in [0.3, 0.4) is 0 Å². The fraction of sp³-hybridized carbons (Fsp3) is 0.500. The summed E-state index contributed by atoms with van der Waals surface area (Å²) in [6, 6.07) is 2.62. The molecule has 2 bridgehead atoms. The molecule has 2 aliphatic heterocycles. The number of thiazole rings is 1. The van der Waals surface area contributed by atoms with E-state index in [1.165, 1.54) is 12.8 Å². The van der Waals surface area contributed by atoms with Crippen LogP contribution in [0.4, 0.5) is 5.13 Å². The summed E-state index contributed by atoms with van der Waals surface area (Å²) in [5.41, 5.74) is 5.95. The van der Waals surface area contributed by atoms with Crippen LogP contribution in [0.1, 0.15) is 50.9 Å². The second-order valence-corrected chi connectivity index (χ2v) is 11.3. The van der Waals surface area contributed by atoms with E-state index in [0.29, 0.717) is 6.04 Å². The first-order valence-electron chi connectivity index (χ1n) is 11.3. The van der Waals surface area contributed by atoms with Crippen LogP contribution < -0.4 is 10.2 Å². The lowest BCUT2D eigenvalue weighted by atomic mass is 9.84. The van der Waals surface area contributed by atoms with E-state index >= 15 is 0 Å². The van der Waals surface area contributed by atoms with Crippen LogP contribution in [0.15, 0.2) is 24.7 Å². The molecule has 4 aromatic heterocycles. The molecule has 2 fully saturated rings. The van der Waals surface area contributed by atoms with Crippen molar-refractivity contribution in [3.05, 3.63) is 36.0 Å². The third-order valence-corrected chi connectivity index (χ3v) is 8.41. The van der Waals surface area contributed by atoms with Gasteiger partial charge in [-0.15, -0.1) is 0 Å². The molecule has 0 amide bonds. The van der Waals surface area contributed by atoms with Crippen LogP contribution in [0.5, 0.6) is 0 Å². The van der Waals surface area contributed by atoms with Gasteiger partial charge in [0, 0.05) is 36.6 Å². The summed E-state index contributed by atoms with van der Waals surface area (Å²) >= 11 is 1.75. The molecule has 6 rings (SSSR count). The number of aromatic nitrogens is 5. The molecule has 0 aromatic carbocycles. The van der Waals surface area contributed by atoms with E-state index in [2.05, 4.69) is 47.1 Å². The van der Waals surface area contributed by atoms with Crippen molar-refractivity contribution < 1.29 is 0 Å². The molecule has 6 heterocycles. The Labute approximate surface area is 191 Å². The van der Waals surface area contributed by atoms with Crippen molar-refractivity contribution >= 4 is 32.3 Å². The summed E-state index contributed by atoms with van der Waals surface area (Å²) in [6.07, 6.45) is 10.8. The number of piperidine rings is 1. The van der Waals surface area contributed by atoms with Crippen LogP contribution in [0, 0.1) is 13.8 Å². The minimum Gasteiger partial charge on any atom is -0.348 e. The first kappa shape index (κ1) is 20.1. The van der Waals surface area contributed by atoms with Crippen LogP contribution in [0.25, 0.3) is 27.3 Å². The molecule has 3 atom stereocenters. The third-order valence-electron chi connectivity index (χ3n) is 7.31. The van der Waals surface area contributed by atoms with E-state index < -0.39 is 0 Å². The predicted octanol–water partition coefficient (Wildman–Crippen LogP) is 4.52. The number of hydrogen-bond donors (Lipinski definition) is 1. The summed E-state index contributed by atoms with van der Waals surface area (Å²) in [7, 11) is 2.20. The average molecular weight is 448 g/mol. The predicted molar refractivity (Wildman–Crippen MR) is 129 cm³/mol. The van der Waals surface area contributed by atoms with Gasteiger partial charge < -0.3 is 14.6 Å². The minimum absolute atomic E-state index is 0.242. The van der Waals surface area contributed by atoms with E-state index in [4.69, 9.17) is 9.97 Å². The molecule has 0 radical (unpaired) electrons. The summed E-state index contributed by atoms with van der Waals surface area (Å²) in [5.74, 6) is 0. The number of imidazole rings is 1. The number of anilines is 1. The van der Waals surface area contributed by atoms with Crippen molar-refractivity contribution in [2.75, 3.05) is 11.9 Å². The summed E-state index contributed by atoms with van der Waals surface area (Å²) in [6.45, 7) is 8.75. The molecule has 2 saturated heterocycles. The van der Waals surface area contributed by atoms with Crippen LogP contribution in [-0.4, -0.2) is 48.5 Å². The molecule has 0 aliphatic carbocycles. The van der Waals surface area contributed by atoms with Crippen LogP contribution in [-0.2, 0) is 0 Å². The lowest BCUT2D eigenvalue weighted by Gasteiger charge is -2.45. The highest BCUT2D eigenvalue weighted by molar-refractivity contribution is 7.22. The number of fused-ring (bicyclic) bond motifs is 4. The Morgan fingerprint density at radius 2 is 1.81 bits per heavy atom. The Hall–Kier alpha value is -2.58. The molecular weight excluding hydrogens is 418 g/mol. The molecule has 7 nitrogen and oxygen atoms in total. The molecule has 1 N–H and O–H groups in total. The number of pyridine rings is 1. The summed E-state index contributed by atoms with van der Waals surface area (Å²) in [4.78, 5) is 21.3. The fourth-order valence-electron chi connectivity index (χ4n) is 5.79. The maximum absolute atomic E-state index is 4.93. The first-order chi connectivity index (χ1) is 15.2. The number of nitrogens with zero attached hydrogens (tertiary/aromatic N) is 6. The minimum atomic E-state index is 0.242. The van der Waals surface area contributed by atoms with Gasteiger partial charge in [0.2, 0.25) is 0 Å². The molecule has 32 heavy (non-hydrogen) atoms. The molecule has 8 heteroatoms. The smallest absolute Gasteiger partial charge is 0.186 e. The van der Waals surface area contributed by atoms with Crippen molar-refractivity contribution in [1.29, 1.82) is 0 Å². The normalized spacial score (nSPS) is 27.5. The Bertz CT molecular complexity index is 1340. The zero-order valence-corrected chi connectivity index (χ0v) is 20.1. The first-order valence-corrected chi connectivity index (χ1v) is 12.1. The van der Waals surface area contributed by atoms with Gasteiger partial charge in [0.05, 0.1) is 28.0 Å². The van der Waals surface area contributed by atoms with Gasteiger partial charge >= 0.3 is 0 Å². The van der Waals surface area contributed by atoms with Crippen molar-refractivity contribution in [3.8, 4) is 11.4 Å². The quantitative estimate of drug-likeness (QED) is 0.498. The van der Waals surface area contributed by atoms with E-state index in [0.717, 1.165) is 56.6 Å². The zero-order chi connectivity index (χ0) is 22.3. The highest BCUT2D eigenvalue weighted by Gasteiger charge is 2.49. The second kappa shape index (κ2) is 6.71. The van der Waals surface area contributed by atoms with Crippen molar-refractivity contribution in [1.82, 2.24) is 29.7 Å². The Morgan fingerprint density at radius 3 is 2.56 bits per heavy atom. The topological polar surface area (TPSA) is 71.2 Å².